The lowest BCUT2D eigenvalue weighted by molar-refractivity contribution is 0.261. The van der Waals surface area contributed by atoms with Gasteiger partial charge < -0.3 is 4.98 Å². The lowest BCUT2D eigenvalue weighted by Crippen LogP contribution is -2.41. The maximum atomic E-state index is 13.7. The summed E-state index contributed by atoms with van der Waals surface area (Å²) in [5.74, 6) is -0.0125. The van der Waals surface area contributed by atoms with E-state index in [0.717, 1.165) is 37.7 Å². The normalized spacial score (nSPS) is 19.0. The molecule has 0 unspecified atom stereocenters. The summed E-state index contributed by atoms with van der Waals surface area (Å²) in [6, 6.07) is 12.8. The molecule has 240 valence electrons. The zero-order valence-electron chi connectivity index (χ0n) is 25.0. The van der Waals surface area contributed by atoms with Gasteiger partial charge in [0.05, 0.1) is 16.3 Å². The van der Waals surface area contributed by atoms with Gasteiger partial charge in [0.1, 0.15) is 5.82 Å². The van der Waals surface area contributed by atoms with E-state index in [1.807, 2.05) is 25.1 Å². The molecule has 3 heterocycles. The van der Waals surface area contributed by atoms with Crippen molar-refractivity contribution in [3.8, 4) is 0 Å². The van der Waals surface area contributed by atoms with E-state index in [1.165, 1.54) is 33.3 Å². The predicted octanol–water partition coefficient (Wildman–Crippen LogP) is 4.13. The molecule has 0 amide bonds. The number of aromatic nitrogens is 5. The summed E-state index contributed by atoms with van der Waals surface area (Å²) < 4.78 is 58.8. The van der Waals surface area contributed by atoms with Gasteiger partial charge in [0.15, 0.2) is 11.2 Å². The van der Waals surface area contributed by atoms with Crippen molar-refractivity contribution in [2.45, 2.75) is 80.2 Å². The van der Waals surface area contributed by atoms with Crippen molar-refractivity contribution >= 4 is 42.8 Å². The van der Waals surface area contributed by atoms with Crippen molar-refractivity contribution in [1.82, 2.24) is 33.6 Å². The van der Waals surface area contributed by atoms with Crippen LogP contribution in [-0.2, 0) is 26.6 Å². The number of aromatic amines is 1. The number of hydrogen-bond acceptors (Lipinski definition) is 8. The Morgan fingerprint density at radius 2 is 1.67 bits per heavy atom. The highest BCUT2D eigenvalue weighted by atomic mass is 35.5. The summed E-state index contributed by atoms with van der Waals surface area (Å²) in [5.41, 5.74) is 0.720. The third-order valence-electron chi connectivity index (χ3n) is 8.80. The van der Waals surface area contributed by atoms with Gasteiger partial charge >= 0.3 is 0 Å². The highest BCUT2D eigenvalue weighted by Gasteiger charge is 2.34. The second kappa shape index (κ2) is 12.9. The van der Waals surface area contributed by atoms with E-state index in [4.69, 9.17) is 11.6 Å². The summed E-state index contributed by atoms with van der Waals surface area (Å²) in [6.45, 7) is 2.86. The van der Waals surface area contributed by atoms with Gasteiger partial charge in [0.2, 0.25) is 20.0 Å². The van der Waals surface area contributed by atoms with E-state index in [0.29, 0.717) is 42.4 Å². The number of nitrogens with zero attached hydrogens (tertiary/aromatic N) is 6. The molecule has 2 aliphatic rings. The average molecular weight is 674 g/mol. The van der Waals surface area contributed by atoms with Crippen molar-refractivity contribution in [3.63, 3.8) is 0 Å². The molecule has 2 aromatic heterocycles. The Bertz CT molecular complexity index is 1960. The van der Waals surface area contributed by atoms with E-state index in [1.54, 1.807) is 10.4 Å². The maximum absolute atomic E-state index is 13.7. The smallest absolute Gasteiger partial charge is 0.281 e. The van der Waals surface area contributed by atoms with Crippen LogP contribution in [0.3, 0.4) is 0 Å². The minimum atomic E-state index is -3.95. The van der Waals surface area contributed by atoms with Gasteiger partial charge in [-0.3, -0.25) is 4.79 Å². The lowest BCUT2D eigenvalue weighted by atomic mass is 9.95. The van der Waals surface area contributed by atoms with Crippen LogP contribution < -0.4 is 5.56 Å². The second-order valence-corrected chi connectivity index (χ2v) is 15.9. The van der Waals surface area contributed by atoms with E-state index >= 15 is 0 Å². The van der Waals surface area contributed by atoms with Crippen LogP contribution in [0.2, 0.25) is 5.02 Å². The van der Waals surface area contributed by atoms with Gasteiger partial charge in [-0.1, -0.05) is 61.2 Å². The molecule has 1 atom stereocenters. The van der Waals surface area contributed by atoms with Gasteiger partial charge in [0, 0.05) is 36.6 Å². The first-order valence-corrected chi connectivity index (χ1v) is 18.5. The van der Waals surface area contributed by atoms with Gasteiger partial charge in [-0.2, -0.15) is 8.61 Å². The molecule has 12 nitrogen and oxygen atoms in total. The van der Waals surface area contributed by atoms with Crippen LogP contribution >= 0.6 is 11.6 Å². The van der Waals surface area contributed by atoms with E-state index in [-0.39, 0.29) is 40.4 Å². The summed E-state index contributed by atoms with van der Waals surface area (Å²) in [6.07, 6.45) is 5.98. The molecule has 2 aromatic carbocycles. The van der Waals surface area contributed by atoms with Gasteiger partial charge in [-0.05, 0) is 61.6 Å². The molecule has 6 rings (SSSR count). The van der Waals surface area contributed by atoms with Crippen LogP contribution in [-0.4, -0.2) is 76.1 Å². The minimum Gasteiger partial charge on any atom is -0.308 e. The molecule has 45 heavy (non-hydrogen) atoms. The number of sulfonamides is 2. The monoisotopic (exact) mass is 673 g/mol. The van der Waals surface area contributed by atoms with Crippen molar-refractivity contribution in [1.29, 1.82) is 0 Å². The maximum Gasteiger partial charge on any atom is 0.281 e. The third-order valence-corrected chi connectivity index (χ3v) is 13.1. The molecule has 15 heteroatoms. The predicted molar refractivity (Wildman–Crippen MR) is 170 cm³/mol. The first-order valence-electron chi connectivity index (χ1n) is 15.3. The van der Waals surface area contributed by atoms with Crippen molar-refractivity contribution in [2.75, 3.05) is 19.6 Å². The average Bonchev–Trinajstić information content (AvgIpc) is 3.46. The number of nitrogens with one attached hydrogen (secondary N) is 1. The Balaban J connectivity index is 1.22. The fourth-order valence-corrected chi connectivity index (χ4v) is 9.83. The molecule has 0 bridgehead atoms. The van der Waals surface area contributed by atoms with Gasteiger partial charge in [-0.25, -0.2) is 26.5 Å². The van der Waals surface area contributed by atoms with Gasteiger partial charge in [-0.15, -0.1) is 5.10 Å². The quantitative estimate of drug-likeness (QED) is 0.279. The third kappa shape index (κ3) is 6.30. The molecule has 1 aliphatic heterocycles. The summed E-state index contributed by atoms with van der Waals surface area (Å²) in [5, 5.41) is 8.67. The Morgan fingerprint density at radius 3 is 2.38 bits per heavy atom. The SMILES string of the molecule is CCN(C1CCCCC1)S(=O)(=O)c1ccc(S(=O)(=O)N2CCC[C@@H](c3nc4c(nnn4Cc4ccccc4Cl)c(=O)[nH]3)C2)cc1. The molecule has 1 N–H and O–H groups in total. The van der Waals surface area contributed by atoms with E-state index < -0.39 is 25.6 Å². The van der Waals surface area contributed by atoms with Crippen LogP contribution in [0.15, 0.2) is 63.1 Å². The standard InChI is InChI=1S/C30H36ClN7O5S2/c1-2-38(23-11-4-3-5-12-23)45(42,43)25-16-14-24(15-17-25)44(40,41)36-18-8-10-22(19-36)28-32-29-27(30(39)33-28)34-35-37(29)20-21-9-6-7-13-26(21)31/h6-7,9,13-17,22-23H,2-5,8,10-12,18-20H2,1H3,(H,32,33,39)/t22-/m1/s1. The molecular formula is C30H36ClN7O5S2. The zero-order chi connectivity index (χ0) is 31.8. The first kappa shape index (κ1) is 31.8. The van der Waals surface area contributed by atoms with E-state index in [2.05, 4.69) is 20.3 Å². The minimum absolute atomic E-state index is 0.0155. The number of benzene rings is 2. The largest absolute Gasteiger partial charge is 0.308 e. The van der Waals surface area contributed by atoms with Crippen molar-refractivity contribution in [3.05, 3.63) is 75.3 Å². The van der Waals surface area contributed by atoms with E-state index in [9.17, 15) is 21.6 Å². The topological polar surface area (TPSA) is 151 Å². The number of hydrogen-bond donors (Lipinski definition) is 1. The van der Waals surface area contributed by atoms with Crippen molar-refractivity contribution < 1.29 is 16.8 Å². The molecule has 0 radical (unpaired) electrons. The van der Waals surface area contributed by atoms with Crippen LogP contribution in [0, 0.1) is 0 Å². The molecule has 2 fully saturated rings. The highest BCUT2D eigenvalue weighted by Crippen LogP contribution is 2.31. The summed E-state index contributed by atoms with van der Waals surface area (Å²) in [7, 11) is -7.71. The number of fused-ring (bicyclic) bond motifs is 1. The van der Waals surface area contributed by atoms with Crippen LogP contribution in [0.5, 0.6) is 0 Å². The zero-order valence-corrected chi connectivity index (χ0v) is 27.4. The first-order chi connectivity index (χ1) is 21.6. The number of halogens is 1. The summed E-state index contributed by atoms with van der Waals surface area (Å²) >= 11 is 6.33. The Labute approximate surface area is 267 Å². The molecular weight excluding hydrogens is 638 g/mol. The van der Waals surface area contributed by atoms with Crippen LogP contribution in [0.25, 0.3) is 11.2 Å². The van der Waals surface area contributed by atoms with Crippen molar-refractivity contribution in [2.24, 2.45) is 0 Å². The second-order valence-electron chi connectivity index (χ2n) is 11.6. The molecule has 1 aliphatic carbocycles. The number of rotatable bonds is 9. The number of piperidine rings is 1. The number of H-pyrrole nitrogens is 1. The molecule has 1 saturated carbocycles. The molecule has 0 spiro atoms. The van der Waals surface area contributed by atoms with Gasteiger partial charge in [0.25, 0.3) is 5.56 Å². The Morgan fingerprint density at radius 1 is 0.956 bits per heavy atom. The lowest BCUT2D eigenvalue weighted by Gasteiger charge is -2.33. The van der Waals surface area contributed by atoms with Crippen LogP contribution in [0.1, 0.15) is 69.2 Å². The fourth-order valence-electron chi connectivity index (χ4n) is 6.42. The molecule has 1 saturated heterocycles. The Hall–Kier alpha value is -3.17. The van der Waals surface area contributed by atoms with Crippen LogP contribution in [0.4, 0.5) is 0 Å². The highest BCUT2D eigenvalue weighted by molar-refractivity contribution is 7.89. The Kier molecular flexibility index (Phi) is 9.12. The summed E-state index contributed by atoms with van der Waals surface area (Å²) in [4.78, 5) is 20.5. The molecule has 4 aromatic rings. The fraction of sp³-hybridized carbons (Fsp3) is 0.467.